The molecular weight excluding hydrogens is 274 g/mol. The Labute approximate surface area is 119 Å². The van der Waals surface area contributed by atoms with Gasteiger partial charge < -0.3 is 5.73 Å². The first-order valence-electron chi connectivity index (χ1n) is 6.64. The number of nitrogens with two attached hydrogens (primary N) is 1. The van der Waals surface area contributed by atoms with E-state index in [1.54, 1.807) is 36.5 Å². The van der Waals surface area contributed by atoms with E-state index in [0.29, 0.717) is 10.9 Å². The second kappa shape index (κ2) is 6.30. The molecule has 0 bridgehead atoms. The van der Waals surface area contributed by atoms with Crippen LogP contribution in [0.4, 0.5) is 0 Å². The van der Waals surface area contributed by atoms with Gasteiger partial charge in [-0.2, -0.15) is 0 Å². The number of aromatic nitrogens is 1. The predicted molar refractivity (Wildman–Crippen MR) is 79.8 cm³/mol. The van der Waals surface area contributed by atoms with Crippen LogP contribution in [0.25, 0.3) is 10.9 Å². The number of pyridine rings is 1. The molecule has 108 valence electrons. The van der Waals surface area contributed by atoms with Gasteiger partial charge in [0.1, 0.15) is 0 Å². The van der Waals surface area contributed by atoms with E-state index < -0.39 is 10.0 Å². The van der Waals surface area contributed by atoms with Gasteiger partial charge >= 0.3 is 0 Å². The number of nitrogens with zero attached hydrogens (tertiary/aromatic N) is 1. The van der Waals surface area contributed by atoms with Gasteiger partial charge in [0, 0.05) is 24.2 Å². The van der Waals surface area contributed by atoms with Crippen molar-refractivity contribution in [2.45, 2.75) is 30.7 Å². The average molecular weight is 293 g/mol. The molecule has 1 aromatic heterocycles. The van der Waals surface area contributed by atoms with Crippen molar-refractivity contribution < 1.29 is 8.42 Å². The number of hydrogen-bond acceptors (Lipinski definition) is 4. The summed E-state index contributed by atoms with van der Waals surface area (Å²) in [5.74, 6) is 0. The fraction of sp³-hybridized carbons (Fsp3) is 0.357. The van der Waals surface area contributed by atoms with Gasteiger partial charge in [-0.25, -0.2) is 13.1 Å². The van der Waals surface area contributed by atoms with Crippen molar-refractivity contribution in [3.8, 4) is 0 Å². The average Bonchev–Trinajstić information content (AvgIpc) is 2.46. The lowest BCUT2D eigenvalue weighted by atomic mass is 10.2. The molecule has 1 atom stereocenters. The fourth-order valence-corrected chi connectivity index (χ4v) is 3.67. The second-order valence-electron chi connectivity index (χ2n) is 4.67. The first-order chi connectivity index (χ1) is 9.58. The summed E-state index contributed by atoms with van der Waals surface area (Å²) in [6, 6.07) is 8.33. The van der Waals surface area contributed by atoms with Crippen LogP contribution in [0.15, 0.2) is 41.4 Å². The van der Waals surface area contributed by atoms with Gasteiger partial charge in [0.05, 0.1) is 10.4 Å². The molecular formula is C14H19N3O2S. The molecule has 0 aliphatic rings. The number of hydrogen-bond donors (Lipinski definition) is 2. The van der Waals surface area contributed by atoms with Crippen LogP contribution >= 0.6 is 0 Å². The topological polar surface area (TPSA) is 85.1 Å². The predicted octanol–water partition coefficient (Wildman–Crippen LogP) is 1.64. The molecule has 1 unspecified atom stereocenters. The van der Waals surface area contributed by atoms with Crippen LogP contribution in [0, 0.1) is 0 Å². The molecule has 0 radical (unpaired) electrons. The summed E-state index contributed by atoms with van der Waals surface area (Å²) in [5.41, 5.74) is 6.28. The van der Waals surface area contributed by atoms with Crippen molar-refractivity contribution in [3.63, 3.8) is 0 Å². The smallest absolute Gasteiger partial charge is 0.241 e. The number of nitrogens with one attached hydrogen (secondary N) is 1. The van der Waals surface area contributed by atoms with E-state index in [1.165, 1.54) is 0 Å². The van der Waals surface area contributed by atoms with Crippen LogP contribution in [0.3, 0.4) is 0 Å². The van der Waals surface area contributed by atoms with Crippen LogP contribution in [-0.4, -0.2) is 26.0 Å². The molecule has 3 N–H and O–H groups in total. The summed E-state index contributed by atoms with van der Waals surface area (Å²) in [4.78, 5) is 4.42. The molecule has 0 fully saturated rings. The lowest BCUT2D eigenvalue weighted by Gasteiger charge is -2.16. The zero-order valence-electron chi connectivity index (χ0n) is 11.4. The molecule has 2 rings (SSSR count). The van der Waals surface area contributed by atoms with Crippen molar-refractivity contribution >= 4 is 20.9 Å². The van der Waals surface area contributed by atoms with Crippen molar-refractivity contribution in [3.05, 3.63) is 36.5 Å². The van der Waals surface area contributed by atoms with Crippen molar-refractivity contribution in [1.82, 2.24) is 9.71 Å². The Kier molecular flexibility index (Phi) is 4.69. The number of benzene rings is 1. The summed E-state index contributed by atoms with van der Waals surface area (Å²) in [5, 5.41) is 0.620. The van der Waals surface area contributed by atoms with Gasteiger partial charge in [-0.05, 0) is 30.7 Å². The molecule has 6 heteroatoms. The third kappa shape index (κ3) is 3.15. The summed E-state index contributed by atoms with van der Waals surface area (Å²) < 4.78 is 27.7. The third-order valence-corrected chi connectivity index (χ3v) is 4.72. The molecule has 20 heavy (non-hydrogen) atoms. The zero-order valence-corrected chi connectivity index (χ0v) is 12.2. The maximum absolute atomic E-state index is 12.5. The first kappa shape index (κ1) is 14.9. The highest BCUT2D eigenvalue weighted by Gasteiger charge is 2.20. The third-order valence-electron chi connectivity index (χ3n) is 3.14. The highest BCUT2D eigenvalue weighted by atomic mass is 32.2. The lowest BCUT2D eigenvalue weighted by molar-refractivity contribution is 0.527. The highest BCUT2D eigenvalue weighted by molar-refractivity contribution is 7.89. The quantitative estimate of drug-likeness (QED) is 0.848. The van der Waals surface area contributed by atoms with Gasteiger partial charge in [-0.15, -0.1) is 0 Å². The Morgan fingerprint density at radius 1 is 1.30 bits per heavy atom. The van der Waals surface area contributed by atoms with Crippen LogP contribution in [0.1, 0.15) is 19.8 Å². The van der Waals surface area contributed by atoms with Crippen molar-refractivity contribution in [2.75, 3.05) is 6.54 Å². The lowest BCUT2D eigenvalue weighted by Crippen LogP contribution is -2.40. The second-order valence-corrected chi connectivity index (χ2v) is 6.35. The van der Waals surface area contributed by atoms with Gasteiger partial charge in [0.25, 0.3) is 0 Å². The van der Waals surface area contributed by atoms with Gasteiger partial charge in [-0.1, -0.05) is 19.4 Å². The Morgan fingerprint density at radius 2 is 2.10 bits per heavy atom. The molecule has 1 aromatic carbocycles. The number of fused-ring (bicyclic) bond motifs is 1. The highest BCUT2D eigenvalue weighted by Crippen LogP contribution is 2.21. The monoisotopic (exact) mass is 293 g/mol. The molecule has 0 aliphatic carbocycles. The van der Waals surface area contributed by atoms with Crippen molar-refractivity contribution in [2.24, 2.45) is 5.73 Å². The van der Waals surface area contributed by atoms with E-state index in [4.69, 9.17) is 5.73 Å². The summed E-state index contributed by atoms with van der Waals surface area (Å²) in [7, 11) is -3.59. The van der Waals surface area contributed by atoms with E-state index in [2.05, 4.69) is 9.71 Å². The number of rotatable bonds is 6. The van der Waals surface area contributed by atoms with Crippen molar-refractivity contribution in [1.29, 1.82) is 0 Å². The van der Waals surface area contributed by atoms with Crippen LogP contribution in [-0.2, 0) is 10.0 Å². The minimum atomic E-state index is -3.59. The largest absolute Gasteiger partial charge is 0.329 e. The molecule has 0 saturated carbocycles. The summed E-state index contributed by atoms with van der Waals surface area (Å²) in [6.45, 7) is 2.29. The zero-order chi connectivity index (χ0) is 14.6. The first-order valence-corrected chi connectivity index (χ1v) is 8.13. The maximum atomic E-state index is 12.5. The van der Waals surface area contributed by atoms with E-state index in [0.717, 1.165) is 12.8 Å². The van der Waals surface area contributed by atoms with E-state index >= 15 is 0 Å². The minimum Gasteiger partial charge on any atom is -0.329 e. The normalized spacial score (nSPS) is 13.5. The summed E-state index contributed by atoms with van der Waals surface area (Å²) in [6.07, 6.45) is 3.24. The molecule has 5 nitrogen and oxygen atoms in total. The SMILES string of the molecule is CCCC(CN)NS(=O)(=O)c1cccc2ncccc12. The Hall–Kier alpha value is -1.50. The Bertz CT molecular complexity index is 680. The van der Waals surface area contributed by atoms with E-state index in [9.17, 15) is 8.42 Å². The van der Waals surface area contributed by atoms with Crippen LogP contribution in [0.5, 0.6) is 0 Å². The van der Waals surface area contributed by atoms with Gasteiger partial charge in [-0.3, -0.25) is 4.98 Å². The maximum Gasteiger partial charge on any atom is 0.241 e. The van der Waals surface area contributed by atoms with E-state index in [1.807, 2.05) is 6.92 Å². The van der Waals surface area contributed by atoms with Gasteiger partial charge in [0.15, 0.2) is 0 Å². The number of sulfonamides is 1. The van der Waals surface area contributed by atoms with Crippen LogP contribution in [0.2, 0.25) is 0 Å². The fourth-order valence-electron chi connectivity index (χ4n) is 2.17. The van der Waals surface area contributed by atoms with E-state index in [-0.39, 0.29) is 17.5 Å². The van der Waals surface area contributed by atoms with Crippen LogP contribution < -0.4 is 10.5 Å². The molecule has 2 aromatic rings. The molecule has 0 spiro atoms. The molecule has 0 saturated heterocycles. The van der Waals surface area contributed by atoms with Gasteiger partial charge in [0.2, 0.25) is 10.0 Å². The molecule has 0 aliphatic heterocycles. The minimum absolute atomic E-state index is 0.239. The summed E-state index contributed by atoms with van der Waals surface area (Å²) >= 11 is 0. The molecule has 0 amide bonds. The standard InChI is InChI=1S/C14H19N3O2S/c1-2-5-11(10-15)17-20(18,19)14-8-3-7-13-12(14)6-4-9-16-13/h3-4,6-9,11,17H,2,5,10,15H2,1H3. The Morgan fingerprint density at radius 3 is 2.80 bits per heavy atom. The Balaban J connectivity index is 2.41. The molecule has 1 heterocycles.